The first-order chi connectivity index (χ1) is 11.3. The van der Waals surface area contributed by atoms with Gasteiger partial charge in [-0.1, -0.05) is 36.4 Å². The van der Waals surface area contributed by atoms with Gasteiger partial charge in [0.15, 0.2) is 11.0 Å². The average Bonchev–Trinajstić information content (AvgIpc) is 2.90. The number of nitrogens with two attached hydrogens (primary N) is 1. The molecule has 0 unspecified atom stereocenters. The molecule has 0 spiro atoms. The number of nitrogens with zero attached hydrogens (tertiary/aromatic N) is 4. The maximum atomic E-state index is 4.97. The number of aryl methyl sites for hydroxylation is 1. The van der Waals surface area contributed by atoms with Gasteiger partial charge in [-0.05, 0) is 23.3 Å². The van der Waals surface area contributed by atoms with Crippen LogP contribution in [0.3, 0.4) is 0 Å². The van der Waals surface area contributed by atoms with Crippen LogP contribution in [0.5, 0.6) is 0 Å². The van der Waals surface area contributed by atoms with Crippen molar-refractivity contribution in [1.29, 1.82) is 0 Å². The van der Waals surface area contributed by atoms with E-state index in [1.807, 2.05) is 12.1 Å². The van der Waals surface area contributed by atoms with Crippen LogP contribution in [0, 0.1) is 0 Å². The zero-order chi connectivity index (χ0) is 16.1. The van der Waals surface area contributed by atoms with Crippen molar-refractivity contribution >= 4 is 23.6 Å². The van der Waals surface area contributed by atoms with Crippen molar-refractivity contribution in [3.63, 3.8) is 0 Å². The number of imidazole rings is 1. The number of nitrogens with one attached hydrogen (secondary N) is 1. The summed E-state index contributed by atoms with van der Waals surface area (Å²) in [6.07, 6.45) is 5.16. The highest BCUT2D eigenvalue weighted by molar-refractivity contribution is 5.80. The van der Waals surface area contributed by atoms with E-state index in [-0.39, 0.29) is 0 Å². The van der Waals surface area contributed by atoms with Gasteiger partial charge in [-0.3, -0.25) is 5.43 Å². The van der Waals surface area contributed by atoms with E-state index in [0.29, 0.717) is 0 Å². The smallest absolute Gasteiger partial charge is 0.244 e. The van der Waals surface area contributed by atoms with Gasteiger partial charge in [0.05, 0.1) is 13.3 Å². The van der Waals surface area contributed by atoms with Crippen molar-refractivity contribution in [2.75, 3.05) is 0 Å². The molecule has 1 aromatic heterocycles. The lowest BCUT2D eigenvalue weighted by molar-refractivity contribution is -0.645. The summed E-state index contributed by atoms with van der Waals surface area (Å²) >= 11 is 0. The van der Waals surface area contributed by atoms with Gasteiger partial charge >= 0.3 is 0 Å². The first kappa shape index (κ1) is 14.8. The molecule has 6 heteroatoms. The van der Waals surface area contributed by atoms with Gasteiger partial charge in [0.2, 0.25) is 6.33 Å². The van der Waals surface area contributed by atoms with Gasteiger partial charge < -0.3 is 5.84 Å². The summed E-state index contributed by atoms with van der Waals surface area (Å²) in [6, 6.07) is 16.7. The van der Waals surface area contributed by atoms with Gasteiger partial charge in [0.25, 0.3) is 0 Å². The number of hydrogen-bond acceptors (Lipinski definition) is 3. The maximum Gasteiger partial charge on any atom is 0.244 e. The summed E-state index contributed by atoms with van der Waals surface area (Å²) < 4.78 is 4.39. The van der Waals surface area contributed by atoms with Gasteiger partial charge in [-0.2, -0.15) is 10.2 Å². The minimum Gasteiger partial charge on any atom is -0.322 e. The van der Waals surface area contributed by atoms with E-state index in [1.165, 1.54) is 22.9 Å². The second-order valence-electron chi connectivity index (χ2n) is 5.25. The van der Waals surface area contributed by atoms with Crippen molar-refractivity contribution in [3.05, 3.63) is 66.0 Å². The summed E-state index contributed by atoms with van der Waals surface area (Å²) in [5.74, 6) is 4.97. The molecule has 0 fully saturated rings. The summed E-state index contributed by atoms with van der Waals surface area (Å²) in [5.41, 5.74) is 7.31. The van der Waals surface area contributed by atoms with Crippen LogP contribution in [0.25, 0.3) is 11.0 Å². The van der Waals surface area contributed by atoms with Gasteiger partial charge in [-0.25, -0.2) is 9.13 Å². The Labute approximate surface area is 134 Å². The molecule has 0 saturated heterocycles. The summed E-state index contributed by atoms with van der Waals surface area (Å²) in [4.78, 5) is 0. The molecule has 0 atom stereocenters. The fourth-order valence-electron chi connectivity index (χ4n) is 2.55. The Kier molecular flexibility index (Phi) is 4.33. The fourth-order valence-corrected chi connectivity index (χ4v) is 2.55. The standard InChI is InChI=1S/C17H19N6/c1-22-13-23(17-5-3-2-4-16(17)22)11-15-8-6-14(7-9-15)10-20-21-12-19-18/h2-10,12-13H,11,18H2,1H3,(H,19,21)/q+1/b20-10-. The molecule has 3 N–H and O–H groups in total. The quantitative estimate of drug-likeness (QED) is 0.245. The predicted octanol–water partition coefficient (Wildman–Crippen LogP) is 1.34. The molecule has 0 aliphatic carbocycles. The number of rotatable bonds is 5. The van der Waals surface area contributed by atoms with E-state index in [0.717, 1.165) is 12.1 Å². The van der Waals surface area contributed by atoms with Crippen LogP contribution in [-0.2, 0) is 13.6 Å². The van der Waals surface area contributed by atoms with Crippen LogP contribution in [0.15, 0.2) is 65.1 Å². The van der Waals surface area contributed by atoms with E-state index in [1.54, 1.807) is 6.21 Å². The predicted molar refractivity (Wildman–Crippen MR) is 92.1 cm³/mol. The summed E-state index contributed by atoms with van der Waals surface area (Å²) in [7, 11) is 2.07. The lowest BCUT2D eigenvalue weighted by Gasteiger charge is -2.00. The molecule has 116 valence electrons. The molecular formula is C17H19N6+. The SMILES string of the molecule is C[n+]1cn(Cc2ccc(/C=N\NC=NN)cc2)c2ccccc21. The lowest BCUT2D eigenvalue weighted by Crippen LogP contribution is -2.25. The van der Waals surface area contributed by atoms with Crippen molar-refractivity contribution in [2.24, 2.45) is 23.1 Å². The van der Waals surface area contributed by atoms with E-state index in [4.69, 9.17) is 5.84 Å². The maximum absolute atomic E-state index is 4.97. The Morgan fingerprint density at radius 2 is 1.96 bits per heavy atom. The largest absolute Gasteiger partial charge is 0.322 e. The van der Waals surface area contributed by atoms with Crippen molar-refractivity contribution in [1.82, 2.24) is 9.99 Å². The van der Waals surface area contributed by atoms with E-state index in [2.05, 4.69) is 74.5 Å². The molecule has 3 aromatic rings. The molecule has 0 aliphatic rings. The molecular weight excluding hydrogens is 288 g/mol. The minimum atomic E-state index is 0.830. The molecule has 23 heavy (non-hydrogen) atoms. The van der Waals surface area contributed by atoms with Gasteiger partial charge in [0, 0.05) is 0 Å². The first-order valence-electron chi connectivity index (χ1n) is 7.30. The molecule has 0 bridgehead atoms. The Hall–Kier alpha value is -3.15. The Bertz CT molecular complexity index is 845. The minimum absolute atomic E-state index is 0.830. The molecule has 0 saturated carbocycles. The second-order valence-corrected chi connectivity index (χ2v) is 5.25. The highest BCUT2D eigenvalue weighted by Gasteiger charge is 2.12. The normalized spacial score (nSPS) is 11.7. The Morgan fingerprint density at radius 1 is 1.17 bits per heavy atom. The summed E-state index contributed by atoms with van der Waals surface area (Å²) in [6.45, 7) is 0.830. The van der Waals surface area contributed by atoms with Crippen LogP contribution < -0.4 is 15.8 Å². The third-order valence-electron chi connectivity index (χ3n) is 3.64. The number of hydrazone groups is 2. The molecule has 3 rings (SSSR count). The van der Waals surface area contributed by atoms with E-state index in [9.17, 15) is 0 Å². The fraction of sp³-hybridized carbons (Fsp3) is 0.118. The molecule has 0 radical (unpaired) electrons. The first-order valence-corrected chi connectivity index (χ1v) is 7.30. The van der Waals surface area contributed by atoms with E-state index >= 15 is 0 Å². The molecule has 1 heterocycles. The van der Waals surface area contributed by atoms with Crippen LogP contribution in [0.4, 0.5) is 0 Å². The van der Waals surface area contributed by atoms with Crippen molar-refractivity contribution in [3.8, 4) is 0 Å². The molecule has 6 nitrogen and oxygen atoms in total. The zero-order valence-electron chi connectivity index (χ0n) is 12.9. The van der Waals surface area contributed by atoms with Crippen LogP contribution >= 0.6 is 0 Å². The average molecular weight is 307 g/mol. The zero-order valence-corrected chi connectivity index (χ0v) is 12.9. The summed E-state index contributed by atoms with van der Waals surface area (Å²) in [5, 5.41) is 7.28. The van der Waals surface area contributed by atoms with Crippen LogP contribution in [0.2, 0.25) is 0 Å². The molecule has 0 aliphatic heterocycles. The highest BCUT2D eigenvalue weighted by atomic mass is 15.3. The van der Waals surface area contributed by atoms with Crippen molar-refractivity contribution < 1.29 is 4.57 Å². The number of benzene rings is 2. The molecule has 0 amide bonds. The van der Waals surface area contributed by atoms with Crippen LogP contribution in [0.1, 0.15) is 11.1 Å². The van der Waals surface area contributed by atoms with Crippen LogP contribution in [-0.4, -0.2) is 17.1 Å². The highest BCUT2D eigenvalue weighted by Crippen LogP contribution is 2.13. The second kappa shape index (κ2) is 6.74. The Morgan fingerprint density at radius 3 is 2.74 bits per heavy atom. The number of para-hydroxylation sites is 2. The number of fused-ring (bicyclic) bond motifs is 1. The number of hydrogen-bond donors (Lipinski definition) is 2. The third-order valence-corrected chi connectivity index (χ3v) is 3.64. The Balaban J connectivity index is 1.76. The lowest BCUT2D eigenvalue weighted by atomic mass is 10.1. The van der Waals surface area contributed by atoms with Gasteiger partial charge in [-0.15, -0.1) is 0 Å². The molecule has 2 aromatic carbocycles. The monoisotopic (exact) mass is 307 g/mol. The van der Waals surface area contributed by atoms with Gasteiger partial charge in [0.1, 0.15) is 12.9 Å². The topological polar surface area (TPSA) is 71.6 Å². The van der Waals surface area contributed by atoms with Crippen molar-refractivity contribution in [2.45, 2.75) is 6.54 Å². The number of aromatic nitrogens is 2. The van der Waals surface area contributed by atoms with E-state index < -0.39 is 0 Å². The third kappa shape index (κ3) is 3.37.